The fraction of sp³-hybridized carbons (Fsp3) is 0.462. The first-order valence-electron chi connectivity index (χ1n) is 5.73. The molecule has 0 saturated heterocycles. The van der Waals surface area contributed by atoms with Crippen LogP contribution in [0.15, 0.2) is 18.2 Å². The molecule has 0 aliphatic carbocycles. The first-order valence-corrected chi connectivity index (χ1v) is 5.73. The molecule has 17 heavy (non-hydrogen) atoms. The van der Waals surface area contributed by atoms with Crippen molar-refractivity contribution in [2.24, 2.45) is 11.1 Å². The van der Waals surface area contributed by atoms with Gasteiger partial charge >= 0.3 is 0 Å². The second-order valence-corrected chi connectivity index (χ2v) is 5.40. The smallest absolute Gasteiger partial charge is 0.248 e. The van der Waals surface area contributed by atoms with E-state index in [-0.39, 0.29) is 5.41 Å². The van der Waals surface area contributed by atoms with Gasteiger partial charge in [0.1, 0.15) is 0 Å². The molecule has 1 aromatic carbocycles. The summed E-state index contributed by atoms with van der Waals surface area (Å²) >= 11 is 0. The van der Waals surface area contributed by atoms with Crippen LogP contribution in [-0.4, -0.2) is 12.5 Å². The number of anilines is 2. The van der Waals surface area contributed by atoms with Gasteiger partial charge in [0.25, 0.3) is 0 Å². The van der Waals surface area contributed by atoms with Crippen molar-refractivity contribution in [2.75, 3.05) is 17.6 Å². The molecule has 0 aromatic heterocycles. The lowest BCUT2D eigenvalue weighted by molar-refractivity contribution is 0.100. The van der Waals surface area contributed by atoms with Crippen LogP contribution in [-0.2, 0) is 0 Å². The Kier molecular flexibility index (Phi) is 3.99. The Balaban J connectivity index is 2.70. The van der Waals surface area contributed by atoms with E-state index in [2.05, 4.69) is 26.1 Å². The molecule has 94 valence electrons. The number of rotatable bonds is 4. The van der Waals surface area contributed by atoms with Crippen LogP contribution in [0.1, 0.15) is 37.6 Å². The van der Waals surface area contributed by atoms with E-state index < -0.39 is 5.91 Å². The van der Waals surface area contributed by atoms with Crippen molar-refractivity contribution in [3.05, 3.63) is 23.8 Å². The van der Waals surface area contributed by atoms with Crippen molar-refractivity contribution in [1.82, 2.24) is 0 Å². The Morgan fingerprint density at radius 1 is 1.35 bits per heavy atom. The normalized spacial score (nSPS) is 11.2. The predicted octanol–water partition coefficient (Wildman–Crippen LogP) is 2.22. The summed E-state index contributed by atoms with van der Waals surface area (Å²) in [4.78, 5) is 11.1. The second-order valence-electron chi connectivity index (χ2n) is 5.40. The highest BCUT2D eigenvalue weighted by atomic mass is 16.1. The molecule has 0 aliphatic heterocycles. The number of nitrogen functional groups attached to an aromatic ring is 1. The van der Waals surface area contributed by atoms with Crippen molar-refractivity contribution >= 4 is 17.3 Å². The number of hydrogen-bond acceptors (Lipinski definition) is 3. The zero-order valence-corrected chi connectivity index (χ0v) is 10.7. The van der Waals surface area contributed by atoms with E-state index in [0.717, 1.165) is 18.7 Å². The Labute approximate surface area is 102 Å². The van der Waals surface area contributed by atoms with E-state index in [4.69, 9.17) is 11.5 Å². The van der Waals surface area contributed by atoms with E-state index in [9.17, 15) is 4.79 Å². The molecule has 0 heterocycles. The standard InChI is InChI=1S/C13H21N3O/c1-13(2,3)6-7-16-11-8-9(12(15)17)4-5-10(11)14/h4-5,8,16H,6-7,14H2,1-3H3,(H2,15,17). The summed E-state index contributed by atoms with van der Waals surface area (Å²) < 4.78 is 0. The van der Waals surface area contributed by atoms with E-state index in [1.54, 1.807) is 18.2 Å². The third-order valence-corrected chi connectivity index (χ3v) is 2.53. The molecule has 1 amide bonds. The minimum Gasteiger partial charge on any atom is -0.397 e. The lowest BCUT2D eigenvalue weighted by Gasteiger charge is -2.19. The highest BCUT2D eigenvalue weighted by molar-refractivity contribution is 5.94. The number of hydrogen-bond donors (Lipinski definition) is 3. The predicted molar refractivity (Wildman–Crippen MR) is 71.9 cm³/mol. The van der Waals surface area contributed by atoms with Crippen molar-refractivity contribution in [3.63, 3.8) is 0 Å². The number of carbonyl (C=O) groups is 1. The Morgan fingerprint density at radius 3 is 2.53 bits per heavy atom. The molecule has 0 unspecified atom stereocenters. The maximum absolute atomic E-state index is 11.1. The number of carbonyl (C=O) groups excluding carboxylic acids is 1. The summed E-state index contributed by atoms with van der Waals surface area (Å²) in [6.07, 6.45) is 1.02. The minimum absolute atomic E-state index is 0.267. The lowest BCUT2D eigenvalue weighted by Crippen LogP contribution is -2.15. The molecule has 0 spiro atoms. The monoisotopic (exact) mass is 235 g/mol. The molecule has 0 saturated carbocycles. The maximum Gasteiger partial charge on any atom is 0.248 e. The summed E-state index contributed by atoms with van der Waals surface area (Å²) in [7, 11) is 0. The van der Waals surface area contributed by atoms with Gasteiger partial charge in [-0.1, -0.05) is 20.8 Å². The van der Waals surface area contributed by atoms with Gasteiger partial charge in [0.05, 0.1) is 11.4 Å². The van der Waals surface area contributed by atoms with Crippen LogP contribution in [0.4, 0.5) is 11.4 Å². The van der Waals surface area contributed by atoms with Gasteiger partial charge in [-0.05, 0) is 30.0 Å². The van der Waals surface area contributed by atoms with Crippen LogP contribution < -0.4 is 16.8 Å². The van der Waals surface area contributed by atoms with Crippen LogP contribution in [0.5, 0.6) is 0 Å². The molecule has 0 radical (unpaired) electrons. The van der Waals surface area contributed by atoms with Crippen molar-refractivity contribution in [2.45, 2.75) is 27.2 Å². The van der Waals surface area contributed by atoms with Crippen molar-refractivity contribution in [1.29, 1.82) is 0 Å². The van der Waals surface area contributed by atoms with E-state index in [0.29, 0.717) is 11.3 Å². The largest absolute Gasteiger partial charge is 0.397 e. The van der Waals surface area contributed by atoms with Crippen LogP contribution in [0, 0.1) is 5.41 Å². The quantitative estimate of drug-likeness (QED) is 0.700. The molecule has 4 heteroatoms. The number of primary amides is 1. The first kappa shape index (κ1) is 13.4. The molecule has 0 fully saturated rings. The molecule has 0 atom stereocenters. The highest BCUT2D eigenvalue weighted by Gasteiger charge is 2.10. The van der Waals surface area contributed by atoms with Gasteiger partial charge in [0, 0.05) is 12.1 Å². The summed E-state index contributed by atoms with van der Waals surface area (Å²) in [6, 6.07) is 5.02. The van der Waals surface area contributed by atoms with E-state index in [1.807, 2.05) is 0 Å². The zero-order chi connectivity index (χ0) is 13.1. The second kappa shape index (κ2) is 5.08. The van der Waals surface area contributed by atoms with E-state index in [1.165, 1.54) is 0 Å². The van der Waals surface area contributed by atoms with Crippen LogP contribution in [0.25, 0.3) is 0 Å². The average molecular weight is 235 g/mol. The van der Waals surface area contributed by atoms with Crippen molar-refractivity contribution in [3.8, 4) is 0 Å². The molecule has 0 bridgehead atoms. The lowest BCUT2D eigenvalue weighted by atomic mass is 9.92. The molecule has 1 rings (SSSR count). The van der Waals surface area contributed by atoms with Gasteiger partial charge < -0.3 is 16.8 Å². The third kappa shape index (κ3) is 4.34. The zero-order valence-electron chi connectivity index (χ0n) is 10.7. The maximum atomic E-state index is 11.1. The molecule has 0 aliphatic rings. The Morgan fingerprint density at radius 2 is 2.00 bits per heavy atom. The van der Waals surface area contributed by atoms with Gasteiger partial charge in [0.2, 0.25) is 5.91 Å². The highest BCUT2D eigenvalue weighted by Crippen LogP contribution is 2.22. The number of nitrogens with one attached hydrogen (secondary N) is 1. The number of nitrogens with two attached hydrogens (primary N) is 2. The summed E-state index contributed by atoms with van der Waals surface area (Å²) in [6.45, 7) is 7.35. The Hall–Kier alpha value is -1.71. The molecule has 4 nitrogen and oxygen atoms in total. The third-order valence-electron chi connectivity index (χ3n) is 2.53. The topological polar surface area (TPSA) is 81.1 Å². The molecular weight excluding hydrogens is 214 g/mol. The van der Waals surface area contributed by atoms with Crippen LogP contribution >= 0.6 is 0 Å². The van der Waals surface area contributed by atoms with Crippen LogP contribution in [0.3, 0.4) is 0 Å². The van der Waals surface area contributed by atoms with E-state index >= 15 is 0 Å². The first-order chi connectivity index (χ1) is 7.79. The molecule has 5 N–H and O–H groups in total. The van der Waals surface area contributed by atoms with Gasteiger partial charge in [-0.3, -0.25) is 4.79 Å². The number of amides is 1. The summed E-state index contributed by atoms with van der Waals surface area (Å²) in [5.74, 6) is -0.441. The van der Waals surface area contributed by atoms with Gasteiger partial charge in [-0.25, -0.2) is 0 Å². The number of benzene rings is 1. The molecule has 1 aromatic rings. The minimum atomic E-state index is -0.441. The summed E-state index contributed by atoms with van der Waals surface area (Å²) in [5, 5.41) is 3.23. The SMILES string of the molecule is CC(C)(C)CCNc1cc(C(N)=O)ccc1N. The molecular formula is C13H21N3O. The fourth-order valence-electron chi connectivity index (χ4n) is 1.43. The van der Waals surface area contributed by atoms with Gasteiger partial charge in [-0.2, -0.15) is 0 Å². The summed E-state index contributed by atoms with van der Waals surface area (Å²) in [5.41, 5.74) is 13.2. The average Bonchev–Trinajstić information content (AvgIpc) is 2.18. The Bertz CT molecular complexity index is 408. The van der Waals surface area contributed by atoms with Crippen molar-refractivity contribution < 1.29 is 4.79 Å². The van der Waals surface area contributed by atoms with Crippen LogP contribution in [0.2, 0.25) is 0 Å². The van der Waals surface area contributed by atoms with Gasteiger partial charge in [-0.15, -0.1) is 0 Å². The fourth-order valence-corrected chi connectivity index (χ4v) is 1.43. The van der Waals surface area contributed by atoms with Gasteiger partial charge in [0.15, 0.2) is 0 Å².